The summed E-state index contributed by atoms with van der Waals surface area (Å²) in [6.07, 6.45) is -8.81. The van der Waals surface area contributed by atoms with E-state index in [9.17, 15) is 117 Å². The van der Waals surface area contributed by atoms with Gasteiger partial charge in [0.05, 0.1) is 30.8 Å². The number of carboxylic acids is 1. The fraction of sp³-hybridized carbons (Fsp3) is 0.622. The van der Waals surface area contributed by atoms with Gasteiger partial charge in [-0.2, -0.15) is 25.3 Å². The number of nitrogens with two attached hydrogens (primary N) is 8. The first-order valence-corrected chi connectivity index (χ1v) is 44.6. The van der Waals surface area contributed by atoms with Gasteiger partial charge in [-0.25, -0.2) is 9.59 Å². The van der Waals surface area contributed by atoms with E-state index < -0.39 is 270 Å². The van der Waals surface area contributed by atoms with Gasteiger partial charge in [0.1, 0.15) is 102 Å². The SMILES string of the molecule is CC[C@H](C)[C@H](NC(=O)[C@@H]1C[C@@H](O)CN1C(=O)[C@@H](N)C(C)C)C(=O)N[C@H](C(=O)N[C@@H](Cc1ccc(O)cc1)C(=O)N[C@H](C(=O)N[C@@H](CC(N)=O)C(=O)N[C@@H](CCCNC(=N)N)C(=O)N[C@@H](CCN)C(=O)N[C@H](C(=O)N[C@H](CCN)C(=O)N[C@@H](CCCNC(N)=O)C(=O)N[C@@H](CCN)C(=O)N[C@@H](CCN)C(=O)N[C@@H](CS)C(=O)N[C@@H](Cc1ccc(O)cc1)C(=O)O)[C@@H](C)O)[C@@H](C)O)C(C)(C)S. The Morgan fingerprint density at radius 3 is 1.18 bits per heavy atom. The molecule has 1 saturated heterocycles. The number of phenolic OH excluding ortho intramolecular Hbond substituents is 2. The quantitative estimate of drug-likeness (QED) is 0.0127. The minimum absolute atomic E-state index is 0.0925. The van der Waals surface area contributed by atoms with Crippen molar-refractivity contribution in [3.05, 3.63) is 59.7 Å². The number of nitrogens with one attached hydrogen (secondary N) is 17. The standard InChI is InChI=1S/C82H136N26O24S2/c1-9-39(4)60(104-73(124)57-34-46(113)36-108(57)78(129)59(88)38(2)3)74(125)107-63(82(7,8)134)77(128)101-53(32-42-14-18-44(111)19-15-42)71(122)106-62(41(6)110)76(127)100-54(35-58(87)114)70(121)95-48(12-10-30-92-80(89)90)65(116)98-52(25-29-86)69(120)105-61(40(5)109)75(126)99-51(24-28-85)67(118)94-47(13-11-31-93-81(91)132)64(115)96-49(22-26-83)66(117)97-50(23-27-84)68(119)103-56(37-133)72(123)102-55(79(130)131)33-43-16-20-45(112)21-17-43/h14-21,38-41,46-57,59-63,109-113,133-134H,9-13,22-37,83-86,88H2,1-8H3,(H2,87,114)(H,94,118)(H,95,121)(H,96,115)(H,97,117)(H,98,116)(H,99,126)(H,100,127)(H,101,128)(H,102,123)(H,103,119)(H,104,124)(H,105,120)(H,106,122)(H,107,125)(H,130,131)(H4,89,90,92)(H3,91,93,132)/t39-,40+,41+,46+,47-,48-,49-,50-,51+,52-,53-,54-,55-,56-,57-,59-,60-,61-,62-,63+/m0/s1. The molecule has 134 heavy (non-hydrogen) atoms. The first kappa shape index (κ1) is 116. The fourth-order valence-corrected chi connectivity index (χ4v) is 14.0. The number of carbonyl (C=O) groups is 18. The van der Waals surface area contributed by atoms with E-state index in [0.29, 0.717) is 5.56 Å². The number of rotatable bonds is 59. The van der Waals surface area contributed by atoms with Crippen molar-refractivity contribution in [3.63, 3.8) is 0 Å². The lowest BCUT2D eigenvalue weighted by molar-refractivity contribution is -0.142. The van der Waals surface area contributed by atoms with Crippen molar-refractivity contribution in [2.24, 2.45) is 57.7 Å². The summed E-state index contributed by atoms with van der Waals surface area (Å²) in [4.78, 5) is 252. The van der Waals surface area contributed by atoms with Crippen molar-refractivity contribution in [3.8, 4) is 11.5 Å². The van der Waals surface area contributed by atoms with E-state index in [1.165, 1.54) is 62.4 Å². The van der Waals surface area contributed by atoms with Gasteiger partial charge in [-0.15, -0.1) is 0 Å². The molecule has 52 heteroatoms. The average Bonchev–Trinajstić information content (AvgIpc) is 1.69. The molecule has 3 rings (SSSR count). The molecule has 1 heterocycles. The van der Waals surface area contributed by atoms with Crippen LogP contribution in [0.5, 0.6) is 11.5 Å². The van der Waals surface area contributed by atoms with Crippen LogP contribution >= 0.6 is 25.3 Å². The van der Waals surface area contributed by atoms with Crippen LogP contribution in [0.25, 0.3) is 0 Å². The molecule has 0 aliphatic carbocycles. The summed E-state index contributed by atoms with van der Waals surface area (Å²) < 4.78 is -1.50. The van der Waals surface area contributed by atoms with Crippen LogP contribution in [0.4, 0.5) is 4.79 Å². The molecule has 39 N–H and O–H groups in total. The number of aliphatic carboxylic acids is 1. The lowest BCUT2D eigenvalue weighted by Gasteiger charge is -2.34. The second-order valence-corrected chi connectivity index (χ2v) is 34.9. The number of amides is 18. The Kier molecular flexibility index (Phi) is 49.8. The Morgan fingerprint density at radius 1 is 0.470 bits per heavy atom. The third-order valence-corrected chi connectivity index (χ3v) is 22.1. The predicted molar refractivity (Wildman–Crippen MR) is 491 cm³/mol. The van der Waals surface area contributed by atoms with Crippen LogP contribution in [-0.4, -0.2) is 319 Å². The summed E-state index contributed by atoms with van der Waals surface area (Å²) in [5.74, 6) is -21.1. The monoisotopic (exact) mass is 1930 g/mol. The molecule has 1 aliphatic rings. The molecule has 50 nitrogen and oxygen atoms in total. The van der Waals surface area contributed by atoms with Gasteiger partial charge in [-0.3, -0.25) is 82.1 Å². The van der Waals surface area contributed by atoms with Crippen molar-refractivity contribution in [2.75, 3.05) is 51.6 Å². The van der Waals surface area contributed by atoms with Crippen molar-refractivity contribution in [1.29, 1.82) is 5.41 Å². The molecule has 0 spiro atoms. The first-order chi connectivity index (χ1) is 62.9. The van der Waals surface area contributed by atoms with Gasteiger partial charge in [0.2, 0.25) is 94.5 Å². The van der Waals surface area contributed by atoms with Crippen LogP contribution in [0.2, 0.25) is 0 Å². The molecule has 1 aliphatic heterocycles. The third kappa shape index (κ3) is 39.2. The summed E-state index contributed by atoms with van der Waals surface area (Å²) >= 11 is 8.78. The Labute approximate surface area is 785 Å². The minimum atomic E-state index is -2.08. The third-order valence-electron chi connectivity index (χ3n) is 21.5. The number of carbonyl (C=O) groups excluding carboxylic acids is 17. The highest BCUT2D eigenvalue weighted by atomic mass is 32.1. The molecular formula is C82H136N26O24S2. The number of aliphatic hydroxyl groups is 3. The Bertz CT molecular complexity index is 4330. The number of guanidine groups is 1. The van der Waals surface area contributed by atoms with E-state index in [4.69, 9.17) is 51.3 Å². The molecule has 2 aromatic carbocycles. The smallest absolute Gasteiger partial charge is 0.326 e. The zero-order chi connectivity index (χ0) is 101. The number of hydrogen-bond acceptors (Lipinski definition) is 31. The topological polar surface area (TPSA) is 856 Å². The highest BCUT2D eigenvalue weighted by Crippen LogP contribution is 2.25. The second-order valence-electron chi connectivity index (χ2n) is 33.4. The number of hydrogen-bond donors (Lipinski definition) is 33. The van der Waals surface area contributed by atoms with Gasteiger partial charge < -0.3 is 166 Å². The predicted octanol–water partition coefficient (Wildman–Crippen LogP) is -10.9. The summed E-state index contributed by atoms with van der Waals surface area (Å²) in [6, 6.07) is -16.5. The summed E-state index contributed by atoms with van der Waals surface area (Å²) in [5, 5.41) is 109. The van der Waals surface area contributed by atoms with E-state index in [0.717, 1.165) is 18.7 Å². The van der Waals surface area contributed by atoms with Gasteiger partial charge in [0.15, 0.2) is 5.96 Å². The molecule has 2 aromatic rings. The maximum Gasteiger partial charge on any atom is 0.326 e. The average molecular weight is 1930 g/mol. The number of aliphatic hydroxyl groups excluding tert-OH is 3. The molecular weight excluding hydrogens is 1800 g/mol. The highest BCUT2D eigenvalue weighted by molar-refractivity contribution is 7.81. The van der Waals surface area contributed by atoms with Crippen LogP contribution in [0, 0.1) is 17.2 Å². The molecule has 0 saturated carbocycles. The van der Waals surface area contributed by atoms with Gasteiger partial charge in [0.25, 0.3) is 0 Å². The van der Waals surface area contributed by atoms with Crippen molar-refractivity contribution >= 4 is 138 Å². The molecule has 0 aromatic heterocycles. The van der Waals surface area contributed by atoms with Crippen LogP contribution < -0.4 is 131 Å². The number of thiol groups is 2. The number of likely N-dealkylation sites (tertiary alicyclic amines) is 1. The second kappa shape index (κ2) is 57.5. The summed E-state index contributed by atoms with van der Waals surface area (Å²) in [5.41, 5.74) is 46.8. The molecule has 1 fully saturated rings. The largest absolute Gasteiger partial charge is 0.508 e. The molecule has 20 atom stereocenters. The fourth-order valence-electron chi connectivity index (χ4n) is 13.6. The zero-order valence-corrected chi connectivity index (χ0v) is 77.9. The van der Waals surface area contributed by atoms with Crippen LogP contribution in [0.3, 0.4) is 0 Å². The van der Waals surface area contributed by atoms with E-state index >= 15 is 0 Å². The number of nitrogens with zero attached hydrogens (tertiary/aromatic N) is 1. The molecule has 18 amide bonds. The molecule has 0 unspecified atom stereocenters. The lowest BCUT2D eigenvalue weighted by atomic mass is 9.95. The number of urea groups is 1. The maximum atomic E-state index is 14.7. The normalized spacial score (nSPS) is 17.1. The molecule has 750 valence electrons. The molecule has 0 bridgehead atoms. The number of aromatic hydroxyl groups is 2. The van der Waals surface area contributed by atoms with Crippen LogP contribution in [-0.2, 0) is 94.3 Å². The number of carboxylic acid groups (broad SMARTS) is 1. The van der Waals surface area contributed by atoms with E-state index in [1.54, 1.807) is 27.7 Å². The van der Waals surface area contributed by atoms with Crippen molar-refractivity contribution < 1.29 is 117 Å². The Balaban J connectivity index is 1.94. The van der Waals surface area contributed by atoms with E-state index in [2.05, 4.69) is 110 Å². The van der Waals surface area contributed by atoms with Crippen molar-refractivity contribution in [2.45, 2.75) is 259 Å². The van der Waals surface area contributed by atoms with Gasteiger partial charge >= 0.3 is 12.0 Å². The zero-order valence-electron chi connectivity index (χ0n) is 76.1. The maximum absolute atomic E-state index is 14.7. The number of primary amides is 2. The summed E-state index contributed by atoms with van der Waals surface area (Å²) in [6.45, 7) is 9.93. The molecule has 0 radical (unpaired) electrons. The Morgan fingerprint density at radius 2 is 0.813 bits per heavy atom. The highest BCUT2D eigenvalue weighted by Gasteiger charge is 2.46. The van der Waals surface area contributed by atoms with Crippen molar-refractivity contribution in [1.82, 2.24) is 90.0 Å². The van der Waals surface area contributed by atoms with Crippen LogP contribution in [0.1, 0.15) is 137 Å². The Hall–Kier alpha value is -12.0. The minimum Gasteiger partial charge on any atom is -0.508 e. The van der Waals surface area contributed by atoms with E-state index in [1.807, 2.05) is 0 Å². The first-order valence-electron chi connectivity index (χ1n) is 43.5. The van der Waals surface area contributed by atoms with Crippen LogP contribution in [0.15, 0.2) is 48.5 Å². The summed E-state index contributed by atoms with van der Waals surface area (Å²) in [7, 11) is 0. The number of β-amino-alcohol motifs (C(OH)–C–C–N with tert-alkyl or cyclic N) is 1. The number of benzene rings is 2. The lowest BCUT2D eigenvalue weighted by Crippen LogP contribution is -2.64. The number of phenols is 2. The van der Waals surface area contributed by atoms with E-state index in [-0.39, 0.29) is 126 Å². The van der Waals surface area contributed by atoms with Gasteiger partial charge in [-0.1, -0.05) is 58.4 Å². The van der Waals surface area contributed by atoms with Gasteiger partial charge in [0, 0.05) is 49.4 Å². The van der Waals surface area contributed by atoms with Gasteiger partial charge in [-0.05, 0) is 152 Å².